The molecule has 1 saturated heterocycles. The van der Waals surface area contributed by atoms with E-state index in [-0.39, 0.29) is 47.8 Å². The highest BCUT2D eigenvalue weighted by Crippen LogP contribution is 2.52. The van der Waals surface area contributed by atoms with E-state index in [1.807, 2.05) is 20.8 Å². The smallest absolute Gasteiger partial charge is 0.287 e. The molecule has 25 heavy (non-hydrogen) atoms. The summed E-state index contributed by atoms with van der Waals surface area (Å²) in [6, 6.07) is 2.36. The number of imide groups is 1. The van der Waals surface area contributed by atoms with Crippen LogP contribution in [0, 0.1) is 11.2 Å². The molecule has 0 aliphatic carbocycles. The molecule has 1 unspecified atom stereocenters. The van der Waals surface area contributed by atoms with E-state index in [0.717, 1.165) is 17.8 Å². The van der Waals surface area contributed by atoms with Gasteiger partial charge in [0, 0.05) is 24.5 Å². The van der Waals surface area contributed by atoms with Crippen molar-refractivity contribution in [1.29, 1.82) is 0 Å². The molecule has 0 saturated carbocycles. The SMILES string of the molecule is CC(C)(C)CC(=O)Nc1cc(F)cc2c1OCCC21SC(=O)NC1=O. The Kier molecular flexibility index (Phi) is 4.26. The van der Waals surface area contributed by atoms with Crippen LogP contribution in [0.5, 0.6) is 5.75 Å². The number of ether oxygens (including phenoxy) is 1. The van der Waals surface area contributed by atoms with Gasteiger partial charge in [-0.15, -0.1) is 0 Å². The zero-order chi connectivity index (χ0) is 18.4. The third kappa shape index (κ3) is 3.35. The number of fused-ring (bicyclic) bond motifs is 2. The van der Waals surface area contributed by atoms with Crippen LogP contribution >= 0.6 is 11.8 Å². The summed E-state index contributed by atoms with van der Waals surface area (Å²) in [7, 11) is 0. The molecule has 134 valence electrons. The molecule has 1 aromatic rings. The minimum Gasteiger partial charge on any atom is -0.491 e. The van der Waals surface area contributed by atoms with Crippen LogP contribution in [-0.4, -0.2) is 23.7 Å². The molecule has 2 aliphatic rings. The van der Waals surface area contributed by atoms with Gasteiger partial charge in [0.05, 0.1) is 12.3 Å². The minimum absolute atomic E-state index is 0.177. The molecule has 1 aromatic carbocycles. The zero-order valence-electron chi connectivity index (χ0n) is 14.2. The first-order valence-corrected chi connectivity index (χ1v) is 8.73. The van der Waals surface area contributed by atoms with Crippen LogP contribution in [0.2, 0.25) is 0 Å². The van der Waals surface area contributed by atoms with Crippen molar-refractivity contribution in [2.75, 3.05) is 11.9 Å². The fourth-order valence-electron chi connectivity index (χ4n) is 3.02. The maximum atomic E-state index is 14.2. The Hall–Kier alpha value is -2.09. The van der Waals surface area contributed by atoms with Gasteiger partial charge in [-0.25, -0.2) is 4.39 Å². The van der Waals surface area contributed by atoms with Crippen molar-refractivity contribution in [1.82, 2.24) is 5.32 Å². The molecule has 1 atom stereocenters. The Labute approximate surface area is 148 Å². The number of nitrogens with one attached hydrogen (secondary N) is 2. The van der Waals surface area contributed by atoms with E-state index in [9.17, 15) is 18.8 Å². The standard InChI is InChI=1S/C17H19FN2O4S/c1-16(2,3)8-12(21)19-11-7-9(18)6-10-13(11)24-5-4-17(10)14(22)20-15(23)25-17/h6-7H,4-5,8H2,1-3H3,(H,19,21)(H,20,22,23). The second kappa shape index (κ2) is 6.01. The van der Waals surface area contributed by atoms with Gasteiger partial charge in [0.25, 0.3) is 5.24 Å². The van der Waals surface area contributed by atoms with Crippen molar-refractivity contribution in [3.8, 4) is 5.75 Å². The zero-order valence-corrected chi connectivity index (χ0v) is 15.0. The monoisotopic (exact) mass is 366 g/mol. The van der Waals surface area contributed by atoms with Crippen LogP contribution in [0.3, 0.4) is 0 Å². The number of rotatable bonds is 2. The third-order valence-electron chi connectivity index (χ3n) is 4.00. The van der Waals surface area contributed by atoms with E-state index >= 15 is 0 Å². The summed E-state index contributed by atoms with van der Waals surface area (Å²) >= 11 is 0.827. The summed E-state index contributed by atoms with van der Waals surface area (Å²) in [5.41, 5.74) is 0.224. The molecular formula is C17H19FN2O4S. The van der Waals surface area contributed by atoms with Crippen LogP contribution in [0.4, 0.5) is 14.9 Å². The minimum atomic E-state index is -1.21. The number of carbonyl (C=O) groups excluding carboxylic acids is 3. The highest BCUT2D eigenvalue weighted by molar-refractivity contribution is 8.15. The Morgan fingerprint density at radius 3 is 2.72 bits per heavy atom. The van der Waals surface area contributed by atoms with Crippen molar-refractivity contribution in [3.63, 3.8) is 0 Å². The van der Waals surface area contributed by atoms with Gasteiger partial charge in [-0.2, -0.15) is 0 Å². The molecule has 0 bridgehead atoms. The molecule has 3 amide bonds. The van der Waals surface area contributed by atoms with Gasteiger partial charge < -0.3 is 10.1 Å². The first kappa shape index (κ1) is 17.7. The second-order valence-corrected chi connectivity index (χ2v) is 8.66. The van der Waals surface area contributed by atoms with Crippen LogP contribution in [0.25, 0.3) is 0 Å². The van der Waals surface area contributed by atoms with Gasteiger partial charge in [0.2, 0.25) is 11.8 Å². The summed E-state index contributed by atoms with van der Waals surface area (Å²) in [5.74, 6) is -1.12. The fraction of sp³-hybridized carbons (Fsp3) is 0.471. The van der Waals surface area contributed by atoms with Crippen LogP contribution < -0.4 is 15.4 Å². The van der Waals surface area contributed by atoms with E-state index in [1.54, 1.807) is 0 Å². The summed E-state index contributed by atoms with van der Waals surface area (Å²) in [4.78, 5) is 36.2. The molecule has 0 aromatic heterocycles. The topological polar surface area (TPSA) is 84.5 Å². The summed E-state index contributed by atoms with van der Waals surface area (Å²) in [6.45, 7) is 5.95. The molecule has 8 heteroatoms. The number of benzene rings is 1. The Balaban J connectivity index is 2.01. The van der Waals surface area contributed by atoms with Crippen molar-refractivity contribution in [2.45, 2.75) is 38.4 Å². The Morgan fingerprint density at radius 1 is 1.40 bits per heavy atom. The van der Waals surface area contributed by atoms with Crippen molar-refractivity contribution < 1.29 is 23.5 Å². The maximum absolute atomic E-state index is 14.2. The molecule has 2 N–H and O–H groups in total. The van der Waals surface area contributed by atoms with Crippen LogP contribution in [-0.2, 0) is 14.3 Å². The molecule has 1 spiro atoms. The van der Waals surface area contributed by atoms with E-state index in [1.165, 1.54) is 6.07 Å². The van der Waals surface area contributed by atoms with E-state index in [0.29, 0.717) is 0 Å². The molecule has 2 aliphatic heterocycles. The van der Waals surface area contributed by atoms with Gasteiger partial charge in [0.1, 0.15) is 16.3 Å². The van der Waals surface area contributed by atoms with Crippen LogP contribution in [0.1, 0.15) is 39.2 Å². The highest BCUT2D eigenvalue weighted by atomic mass is 32.2. The molecule has 2 heterocycles. The number of thioether (sulfide) groups is 1. The quantitative estimate of drug-likeness (QED) is 0.840. The average molecular weight is 366 g/mol. The van der Waals surface area contributed by atoms with E-state index in [4.69, 9.17) is 4.74 Å². The van der Waals surface area contributed by atoms with Gasteiger partial charge in [-0.3, -0.25) is 19.7 Å². The average Bonchev–Trinajstić information content (AvgIpc) is 2.73. The molecule has 3 rings (SSSR count). The lowest BCUT2D eigenvalue weighted by molar-refractivity contribution is -0.122. The van der Waals surface area contributed by atoms with Gasteiger partial charge in [-0.05, 0) is 23.2 Å². The Morgan fingerprint density at radius 2 is 2.12 bits per heavy atom. The maximum Gasteiger partial charge on any atom is 0.287 e. The lowest BCUT2D eigenvalue weighted by atomic mass is 9.90. The summed E-state index contributed by atoms with van der Waals surface area (Å²) in [5, 5.41) is 4.45. The van der Waals surface area contributed by atoms with E-state index < -0.39 is 21.7 Å². The van der Waals surface area contributed by atoms with Gasteiger partial charge in [-0.1, -0.05) is 20.8 Å². The molecule has 6 nitrogen and oxygen atoms in total. The Bertz CT molecular complexity index is 775. The second-order valence-electron chi connectivity index (χ2n) is 7.38. The number of amides is 3. The molecule has 0 radical (unpaired) electrons. The fourth-order valence-corrected chi connectivity index (χ4v) is 4.07. The highest BCUT2D eigenvalue weighted by Gasteiger charge is 2.53. The lowest BCUT2D eigenvalue weighted by Gasteiger charge is -2.32. The van der Waals surface area contributed by atoms with Crippen LogP contribution in [0.15, 0.2) is 12.1 Å². The predicted molar refractivity (Wildman–Crippen MR) is 92.0 cm³/mol. The largest absolute Gasteiger partial charge is 0.491 e. The lowest BCUT2D eigenvalue weighted by Crippen LogP contribution is -2.39. The number of halogens is 1. The molecular weight excluding hydrogens is 347 g/mol. The van der Waals surface area contributed by atoms with Gasteiger partial charge >= 0.3 is 0 Å². The predicted octanol–water partition coefficient (Wildman–Crippen LogP) is 3.16. The van der Waals surface area contributed by atoms with Gasteiger partial charge in [0.15, 0.2) is 0 Å². The van der Waals surface area contributed by atoms with Crippen molar-refractivity contribution in [2.24, 2.45) is 5.41 Å². The first-order chi connectivity index (χ1) is 11.6. The summed E-state index contributed by atoms with van der Waals surface area (Å²) < 4.78 is 18.6. The number of anilines is 1. The number of hydrogen-bond donors (Lipinski definition) is 2. The number of carbonyl (C=O) groups is 3. The molecule has 1 fully saturated rings. The normalized spacial score (nSPS) is 22.4. The first-order valence-electron chi connectivity index (χ1n) is 7.92. The third-order valence-corrected chi connectivity index (χ3v) is 5.25. The van der Waals surface area contributed by atoms with E-state index in [2.05, 4.69) is 10.6 Å². The number of hydrogen-bond acceptors (Lipinski definition) is 5. The summed E-state index contributed by atoms with van der Waals surface area (Å²) in [6.07, 6.45) is 0.498. The van der Waals surface area contributed by atoms with Crippen molar-refractivity contribution >= 4 is 34.5 Å². The van der Waals surface area contributed by atoms with Crippen molar-refractivity contribution in [3.05, 3.63) is 23.5 Å².